The molecule has 0 radical (unpaired) electrons. The van der Waals surface area contributed by atoms with Crippen molar-refractivity contribution in [2.24, 2.45) is 0 Å². The number of benzene rings is 2. The average molecular weight is 429 g/mol. The van der Waals surface area contributed by atoms with Gasteiger partial charge in [-0.15, -0.1) is 0 Å². The van der Waals surface area contributed by atoms with Crippen LogP contribution in [0.3, 0.4) is 0 Å². The van der Waals surface area contributed by atoms with Crippen LogP contribution in [0.4, 0.5) is 0 Å². The predicted molar refractivity (Wildman–Crippen MR) is 120 cm³/mol. The summed E-state index contributed by atoms with van der Waals surface area (Å²) in [5.41, 5.74) is 1.52. The highest BCUT2D eigenvalue weighted by molar-refractivity contribution is 5.96. The SMILES string of the molecule is CCCCOc1ccc(C(=O)NCC(=O)N(C)CCc2ccc(OC)c(OC)c2)cc1. The lowest BCUT2D eigenvalue weighted by molar-refractivity contribution is -0.128. The number of ether oxygens (including phenoxy) is 3. The van der Waals surface area contributed by atoms with Gasteiger partial charge in [-0.25, -0.2) is 0 Å². The lowest BCUT2D eigenvalue weighted by Crippen LogP contribution is -2.39. The number of nitrogens with one attached hydrogen (secondary N) is 1. The standard InChI is InChI=1S/C24H32N2O5/c1-5-6-15-31-20-10-8-19(9-11-20)24(28)25-17-23(27)26(2)14-13-18-7-12-21(29-3)22(16-18)30-4/h7-12,16H,5-6,13-15,17H2,1-4H3,(H,25,28). The lowest BCUT2D eigenvalue weighted by atomic mass is 10.1. The third kappa shape index (κ3) is 7.51. The van der Waals surface area contributed by atoms with E-state index in [1.807, 2.05) is 18.2 Å². The molecule has 7 heteroatoms. The molecule has 0 aliphatic heterocycles. The Morgan fingerprint density at radius 3 is 2.35 bits per heavy atom. The normalized spacial score (nSPS) is 10.3. The maximum Gasteiger partial charge on any atom is 0.251 e. The molecule has 0 unspecified atom stereocenters. The van der Waals surface area contributed by atoms with Gasteiger partial charge in [0.2, 0.25) is 5.91 Å². The van der Waals surface area contributed by atoms with Crippen LogP contribution in [0.25, 0.3) is 0 Å². The third-order valence-electron chi connectivity index (χ3n) is 4.89. The number of hydrogen-bond donors (Lipinski definition) is 1. The number of hydrogen-bond acceptors (Lipinski definition) is 5. The summed E-state index contributed by atoms with van der Waals surface area (Å²) in [6.07, 6.45) is 2.72. The van der Waals surface area contributed by atoms with Gasteiger partial charge in [0.25, 0.3) is 5.91 Å². The first kappa shape index (κ1) is 24.1. The zero-order chi connectivity index (χ0) is 22.6. The summed E-state index contributed by atoms with van der Waals surface area (Å²) in [6.45, 7) is 3.22. The fraction of sp³-hybridized carbons (Fsp3) is 0.417. The number of nitrogens with zero attached hydrogens (tertiary/aromatic N) is 1. The van der Waals surface area contributed by atoms with E-state index >= 15 is 0 Å². The van der Waals surface area contributed by atoms with Crippen molar-refractivity contribution < 1.29 is 23.8 Å². The van der Waals surface area contributed by atoms with Crippen LogP contribution in [-0.2, 0) is 11.2 Å². The van der Waals surface area contributed by atoms with Gasteiger partial charge < -0.3 is 24.4 Å². The monoisotopic (exact) mass is 428 g/mol. The minimum atomic E-state index is -0.290. The highest BCUT2D eigenvalue weighted by Crippen LogP contribution is 2.27. The molecule has 0 heterocycles. The molecule has 0 aliphatic rings. The Morgan fingerprint density at radius 2 is 1.71 bits per heavy atom. The maximum atomic E-state index is 12.4. The minimum Gasteiger partial charge on any atom is -0.494 e. The molecule has 0 bridgehead atoms. The predicted octanol–water partition coefficient (Wildman–Crippen LogP) is 3.31. The molecule has 0 aliphatic carbocycles. The summed E-state index contributed by atoms with van der Waals surface area (Å²) >= 11 is 0. The number of carbonyl (C=O) groups excluding carboxylic acids is 2. The zero-order valence-corrected chi connectivity index (χ0v) is 18.8. The number of carbonyl (C=O) groups is 2. The van der Waals surface area contributed by atoms with Gasteiger partial charge in [0, 0.05) is 19.2 Å². The Labute approximate surface area is 184 Å². The number of methoxy groups -OCH3 is 2. The minimum absolute atomic E-state index is 0.0595. The number of unbranched alkanes of at least 4 members (excludes halogenated alkanes) is 1. The second kappa shape index (κ2) is 12.5. The van der Waals surface area contributed by atoms with Gasteiger partial charge in [-0.1, -0.05) is 19.4 Å². The third-order valence-corrected chi connectivity index (χ3v) is 4.89. The molecule has 1 N–H and O–H groups in total. The van der Waals surface area contributed by atoms with Gasteiger partial charge in [0.05, 0.1) is 27.4 Å². The van der Waals surface area contributed by atoms with Crippen LogP contribution >= 0.6 is 0 Å². The fourth-order valence-corrected chi connectivity index (χ4v) is 2.89. The van der Waals surface area contributed by atoms with Crippen LogP contribution < -0.4 is 19.5 Å². The molecule has 168 valence electrons. The maximum absolute atomic E-state index is 12.4. The van der Waals surface area contributed by atoms with Crippen molar-refractivity contribution in [3.63, 3.8) is 0 Å². The first-order valence-corrected chi connectivity index (χ1v) is 10.4. The van der Waals surface area contributed by atoms with E-state index in [9.17, 15) is 9.59 Å². The number of likely N-dealkylation sites (N-methyl/N-ethyl adjacent to an activating group) is 1. The number of amides is 2. The second-order valence-corrected chi connectivity index (χ2v) is 7.16. The van der Waals surface area contributed by atoms with E-state index < -0.39 is 0 Å². The smallest absolute Gasteiger partial charge is 0.251 e. The molecule has 2 aromatic carbocycles. The van der Waals surface area contributed by atoms with Crippen molar-refractivity contribution >= 4 is 11.8 Å². The van der Waals surface area contributed by atoms with Crippen molar-refractivity contribution in [2.75, 3.05) is 41.0 Å². The van der Waals surface area contributed by atoms with Crippen LogP contribution in [0, 0.1) is 0 Å². The molecule has 0 fully saturated rings. The molecule has 0 saturated heterocycles. The van der Waals surface area contributed by atoms with Crippen molar-refractivity contribution in [1.29, 1.82) is 0 Å². The van der Waals surface area contributed by atoms with E-state index in [-0.39, 0.29) is 18.4 Å². The molecule has 7 nitrogen and oxygen atoms in total. The summed E-state index contributed by atoms with van der Waals surface area (Å²) in [6, 6.07) is 12.6. The summed E-state index contributed by atoms with van der Waals surface area (Å²) in [7, 11) is 4.90. The van der Waals surface area contributed by atoms with E-state index in [2.05, 4.69) is 12.2 Å². The molecule has 0 atom stereocenters. The van der Waals surface area contributed by atoms with E-state index in [1.54, 1.807) is 50.4 Å². The molecule has 2 rings (SSSR count). The first-order chi connectivity index (χ1) is 15.0. The van der Waals surface area contributed by atoms with Crippen molar-refractivity contribution in [3.8, 4) is 17.2 Å². The molecular weight excluding hydrogens is 396 g/mol. The second-order valence-electron chi connectivity index (χ2n) is 7.16. The summed E-state index contributed by atoms with van der Waals surface area (Å²) < 4.78 is 16.1. The molecule has 2 aromatic rings. The van der Waals surface area contributed by atoms with Gasteiger partial charge in [-0.05, 0) is 54.8 Å². The Balaban J connectivity index is 1.79. The number of rotatable bonds is 12. The molecule has 31 heavy (non-hydrogen) atoms. The highest BCUT2D eigenvalue weighted by atomic mass is 16.5. The van der Waals surface area contributed by atoms with Crippen LogP contribution in [0.15, 0.2) is 42.5 Å². The highest BCUT2D eigenvalue weighted by Gasteiger charge is 2.13. The largest absolute Gasteiger partial charge is 0.494 e. The van der Waals surface area contributed by atoms with Gasteiger partial charge in [-0.2, -0.15) is 0 Å². The fourth-order valence-electron chi connectivity index (χ4n) is 2.89. The average Bonchev–Trinajstić information content (AvgIpc) is 2.81. The van der Waals surface area contributed by atoms with Gasteiger partial charge in [-0.3, -0.25) is 9.59 Å². The van der Waals surface area contributed by atoms with E-state index in [0.29, 0.717) is 36.6 Å². The van der Waals surface area contributed by atoms with Crippen LogP contribution in [0.2, 0.25) is 0 Å². The quantitative estimate of drug-likeness (QED) is 0.525. The Bertz CT molecular complexity index is 852. The Morgan fingerprint density at radius 1 is 1.00 bits per heavy atom. The van der Waals surface area contributed by atoms with E-state index in [1.165, 1.54) is 0 Å². The summed E-state index contributed by atoms with van der Waals surface area (Å²) in [4.78, 5) is 26.3. The summed E-state index contributed by atoms with van der Waals surface area (Å²) in [5, 5.41) is 2.68. The van der Waals surface area contributed by atoms with E-state index in [4.69, 9.17) is 14.2 Å². The zero-order valence-electron chi connectivity index (χ0n) is 18.8. The topological polar surface area (TPSA) is 77.1 Å². The molecular formula is C24H32N2O5. The summed E-state index contributed by atoms with van der Waals surface area (Å²) in [5.74, 6) is 1.60. The van der Waals surface area contributed by atoms with Crippen molar-refractivity contribution in [1.82, 2.24) is 10.2 Å². The Kier molecular flexibility index (Phi) is 9.68. The molecule has 0 aromatic heterocycles. The van der Waals surface area contributed by atoms with Crippen LogP contribution in [0.1, 0.15) is 35.7 Å². The molecule has 0 saturated carbocycles. The van der Waals surface area contributed by atoms with Gasteiger partial charge >= 0.3 is 0 Å². The molecule has 0 spiro atoms. The van der Waals surface area contributed by atoms with Crippen LogP contribution in [0.5, 0.6) is 17.2 Å². The van der Waals surface area contributed by atoms with Gasteiger partial charge in [0.15, 0.2) is 11.5 Å². The first-order valence-electron chi connectivity index (χ1n) is 10.4. The lowest BCUT2D eigenvalue weighted by Gasteiger charge is -2.18. The van der Waals surface area contributed by atoms with E-state index in [0.717, 1.165) is 24.2 Å². The molecule has 2 amide bonds. The Hall–Kier alpha value is -3.22. The van der Waals surface area contributed by atoms with Crippen LogP contribution in [-0.4, -0.2) is 57.7 Å². The van der Waals surface area contributed by atoms with Crippen molar-refractivity contribution in [3.05, 3.63) is 53.6 Å². The van der Waals surface area contributed by atoms with Crippen molar-refractivity contribution in [2.45, 2.75) is 26.2 Å². The van der Waals surface area contributed by atoms with Gasteiger partial charge in [0.1, 0.15) is 5.75 Å².